The monoisotopic (exact) mass is 576 g/mol. The van der Waals surface area contributed by atoms with E-state index in [2.05, 4.69) is 34.7 Å². The Morgan fingerprint density at radius 1 is 1.00 bits per heavy atom. The first-order chi connectivity index (χ1) is 18.3. The number of likely N-dealkylation sites (N-methyl/N-ethyl adjacent to an activating group) is 1. The first kappa shape index (κ1) is 27.6. The summed E-state index contributed by atoms with van der Waals surface area (Å²) < 4.78 is 6.76. The molecule has 1 aliphatic rings. The molecule has 1 saturated heterocycles. The van der Waals surface area contributed by atoms with Crippen LogP contribution < -0.4 is 4.74 Å². The molecule has 7 heteroatoms. The molecule has 198 valence electrons. The highest BCUT2D eigenvalue weighted by Gasteiger charge is 2.46. The number of carbonyl (C=O) groups excluding carboxylic acids is 2. The van der Waals surface area contributed by atoms with Crippen LogP contribution in [0, 0.1) is 6.92 Å². The lowest BCUT2D eigenvalue weighted by Crippen LogP contribution is -2.38. The molecule has 3 aromatic carbocycles. The largest absolute Gasteiger partial charge is 0.507 e. The average Bonchev–Trinajstić information content (AvgIpc) is 3.18. The fraction of sp³-hybridized carbons (Fsp3) is 0.290. The number of likely N-dealkylation sites (tertiary alicyclic amines) is 1. The maximum atomic E-state index is 13.3. The number of carbonyl (C=O) groups is 2. The fourth-order valence-electron chi connectivity index (χ4n) is 4.72. The molecular formula is C31H33BrN2O4. The number of aliphatic hydroxyl groups is 1. The van der Waals surface area contributed by atoms with Gasteiger partial charge in [-0.2, -0.15) is 0 Å². The lowest BCUT2D eigenvalue weighted by Gasteiger charge is -2.28. The highest BCUT2D eigenvalue weighted by molar-refractivity contribution is 9.10. The Bertz CT molecular complexity index is 1330. The van der Waals surface area contributed by atoms with Crippen LogP contribution in [0.3, 0.4) is 0 Å². The molecule has 1 fully saturated rings. The molecule has 0 spiro atoms. The predicted molar refractivity (Wildman–Crippen MR) is 153 cm³/mol. The Morgan fingerprint density at radius 3 is 2.37 bits per heavy atom. The van der Waals surface area contributed by atoms with Gasteiger partial charge in [0.1, 0.15) is 18.1 Å². The van der Waals surface area contributed by atoms with Gasteiger partial charge in [0.25, 0.3) is 11.7 Å². The number of hydrogen-bond donors (Lipinski definition) is 1. The number of benzene rings is 3. The molecule has 1 atom stereocenters. The second-order valence-electron chi connectivity index (χ2n) is 9.31. The summed E-state index contributed by atoms with van der Waals surface area (Å²) in [5, 5.41) is 11.3. The average molecular weight is 578 g/mol. The smallest absolute Gasteiger partial charge is 0.295 e. The van der Waals surface area contributed by atoms with Crippen LogP contribution in [0.4, 0.5) is 0 Å². The van der Waals surface area contributed by atoms with Crippen molar-refractivity contribution in [3.8, 4) is 5.75 Å². The minimum Gasteiger partial charge on any atom is -0.507 e. The number of aliphatic hydroxyl groups excluding tert-OH is 1. The van der Waals surface area contributed by atoms with Crippen LogP contribution in [-0.2, 0) is 16.2 Å². The van der Waals surface area contributed by atoms with E-state index >= 15 is 0 Å². The maximum absolute atomic E-state index is 13.3. The quantitative estimate of drug-likeness (QED) is 0.179. The molecular weight excluding hydrogens is 544 g/mol. The van der Waals surface area contributed by atoms with E-state index in [9.17, 15) is 14.7 Å². The summed E-state index contributed by atoms with van der Waals surface area (Å²) in [6.45, 7) is 9.32. The van der Waals surface area contributed by atoms with Crippen LogP contribution in [0.15, 0.2) is 82.8 Å². The Morgan fingerprint density at radius 2 is 1.71 bits per heavy atom. The van der Waals surface area contributed by atoms with Gasteiger partial charge >= 0.3 is 0 Å². The first-order valence-electron chi connectivity index (χ1n) is 12.9. The second kappa shape index (κ2) is 12.4. The third kappa shape index (κ3) is 6.00. The van der Waals surface area contributed by atoms with Gasteiger partial charge in [-0.05, 0) is 73.1 Å². The molecule has 3 aromatic rings. The zero-order chi connectivity index (χ0) is 27.2. The van der Waals surface area contributed by atoms with Crippen molar-refractivity contribution in [2.75, 3.05) is 26.2 Å². The van der Waals surface area contributed by atoms with Gasteiger partial charge in [0.05, 0.1) is 11.6 Å². The number of hydrogen-bond acceptors (Lipinski definition) is 5. The number of halogens is 1. The lowest BCUT2D eigenvalue weighted by molar-refractivity contribution is -0.140. The summed E-state index contributed by atoms with van der Waals surface area (Å²) in [6.07, 6.45) is 0. The van der Waals surface area contributed by atoms with Gasteiger partial charge in [-0.15, -0.1) is 0 Å². The number of aryl methyl sites for hydroxylation is 1. The molecule has 1 heterocycles. The van der Waals surface area contributed by atoms with Crippen LogP contribution in [0.2, 0.25) is 0 Å². The van der Waals surface area contributed by atoms with Crippen LogP contribution in [0.25, 0.3) is 5.76 Å². The number of amides is 1. The fourth-order valence-corrected chi connectivity index (χ4v) is 5.14. The number of ether oxygens (including phenoxy) is 1. The van der Waals surface area contributed by atoms with E-state index in [0.717, 1.165) is 34.3 Å². The predicted octanol–water partition coefficient (Wildman–Crippen LogP) is 6.10. The van der Waals surface area contributed by atoms with Crippen molar-refractivity contribution in [3.63, 3.8) is 0 Å². The second-order valence-corrected chi connectivity index (χ2v) is 10.2. The molecule has 1 unspecified atom stereocenters. The molecule has 1 amide bonds. The minimum absolute atomic E-state index is 0.0984. The van der Waals surface area contributed by atoms with Crippen molar-refractivity contribution in [2.24, 2.45) is 0 Å². The highest BCUT2D eigenvalue weighted by atomic mass is 79.9. The Balaban J connectivity index is 1.64. The van der Waals surface area contributed by atoms with Crippen LogP contribution in [-0.4, -0.2) is 52.8 Å². The molecule has 38 heavy (non-hydrogen) atoms. The van der Waals surface area contributed by atoms with Crippen molar-refractivity contribution in [2.45, 2.75) is 33.4 Å². The van der Waals surface area contributed by atoms with Crippen molar-refractivity contribution >= 4 is 33.4 Å². The van der Waals surface area contributed by atoms with Crippen molar-refractivity contribution in [3.05, 3.63) is 105 Å². The normalized spacial score (nSPS) is 16.9. The maximum Gasteiger partial charge on any atom is 0.295 e. The summed E-state index contributed by atoms with van der Waals surface area (Å²) in [4.78, 5) is 30.3. The summed E-state index contributed by atoms with van der Waals surface area (Å²) in [5.41, 5.74) is 3.56. The van der Waals surface area contributed by atoms with Gasteiger partial charge in [-0.1, -0.05) is 66.2 Å². The molecule has 6 nitrogen and oxygen atoms in total. The molecule has 0 radical (unpaired) electrons. The van der Waals surface area contributed by atoms with Gasteiger partial charge in [0.2, 0.25) is 0 Å². The van der Waals surface area contributed by atoms with Crippen molar-refractivity contribution < 1.29 is 19.4 Å². The summed E-state index contributed by atoms with van der Waals surface area (Å²) in [7, 11) is 0. The lowest BCUT2D eigenvalue weighted by atomic mass is 9.95. The third-order valence-corrected chi connectivity index (χ3v) is 7.53. The number of Topliss-reactive ketones (excluding diaryl/α,β-unsaturated/α-hetero) is 1. The van der Waals surface area contributed by atoms with Crippen LogP contribution >= 0.6 is 15.9 Å². The zero-order valence-electron chi connectivity index (χ0n) is 22.0. The topological polar surface area (TPSA) is 70.1 Å². The molecule has 0 aliphatic carbocycles. The van der Waals surface area contributed by atoms with Gasteiger partial charge in [-0.3, -0.25) is 9.59 Å². The van der Waals surface area contributed by atoms with E-state index in [1.165, 1.54) is 0 Å². The SMILES string of the molecule is CCN(CC)CCN1C(=O)C(=O)/C(=C(/O)c2ccc(OCc3ccccc3C)cc2)C1c1cccc(Br)c1. The van der Waals surface area contributed by atoms with Gasteiger partial charge in [0.15, 0.2) is 0 Å². The molecule has 1 N–H and O–H groups in total. The molecule has 4 rings (SSSR count). The summed E-state index contributed by atoms with van der Waals surface area (Å²) in [5.74, 6) is -0.814. The van der Waals surface area contributed by atoms with Gasteiger partial charge in [0, 0.05) is 23.1 Å². The molecule has 0 bridgehead atoms. The van der Waals surface area contributed by atoms with Gasteiger partial charge < -0.3 is 19.6 Å². The van der Waals surface area contributed by atoms with Crippen molar-refractivity contribution in [1.82, 2.24) is 9.80 Å². The van der Waals surface area contributed by atoms with Gasteiger partial charge in [-0.25, -0.2) is 0 Å². The summed E-state index contributed by atoms with van der Waals surface area (Å²) in [6, 6.07) is 21.8. The van der Waals surface area contributed by atoms with Crippen molar-refractivity contribution in [1.29, 1.82) is 0 Å². The Labute approximate surface area is 232 Å². The highest BCUT2D eigenvalue weighted by Crippen LogP contribution is 2.40. The van der Waals surface area contributed by atoms with E-state index in [1.807, 2.05) is 55.5 Å². The van der Waals surface area contributed by atoms with Crippen LogP contribution in [0.1, 0.15) is 42.1 Å². The molecule has 1 aliphatic heterocycles. The van der Waals surface area contributed by atoms with Crippen LogP contribution in [0.5, 0.6) is 5.75 Å². The molecule has 0 aromatic heterocycles. The zero-order valence-corrected chi connectivity index (χ0v) is 23.6. The number of ketones is 1. The standard InChI is InChI=1S/C31H33BrN2O4/c1-4-33(5-2)17-18-34-28(23-11-8-12-25(32)19-23)27(30(36)31(34)37)29(35)22-13-15-26(16-14-22)38-20-24-10-7-6-9-21(24)3/h6-16,19,28,35H,4-5,17-18,20H2,1-3H3/b29-27+. The van der Waals surface area contributed by atoms with E-state index < -0.39 is 17.7 Å². The van der Waals surface area contributed by atoms with E-state index in [0.29, 0.717) is 31.0 Å². The third-order valence-electron chi connectivity index (χ3n) is 7.04. The summed E-state index contributed by atoms with van der Waals surface area (Å²) >= 11 is 3.50. The Kier molecular flexibility index (Phi) is 9.02. The Hall–Kier alpha value is -3.42. The first-order valence-corrected chi connectivity index (χ1v) is 13.7. The molecule has 0 saturated carbocycles. The van der Waals surface area contributed by atoms with E-state index in [4.69, 9.17) is 4.74 Å². The number of nitrogens with zero attached hydrogens (tertiary/aromatic N) is 2. The van der Waals surface area contributed by atoms with E-state index in [-0.39, 0.29) is 11.3 Å². The van der Waals surface area contributed by atoms with E-state index in [1.54, 1.807) is 29.2 Å². The minimum atomic E-state index is -0.681. The number of rotatable bonds is 10.